The highest BCUT2D eigenvalue weighted by atomic mass is 35.6. The monoisotopic (exact) mass is 260 g/mol. The quantitative estimate of drug-likeness (QED) is 0.382. The topological polar surface area (TPSA) is 0 Å². The molecule has 0 bridgehead atoms. The molecule has 0 heterocycles. The Labute approximate surface area is 104 Å². The van der Waals surface area contributed by atoms with Gasteiger partial charge in [0.25, 0.3) is 0 Å². The standard InChI is InChI=1S/C10H22.CHCl3/c1-3-5-7-9-10-8-6-4-2;2-1(3)4/h3-10H2,1-2H3;1H. The molecule has 0 fully saturated rings. The molecule has 0 aromatic carbocycles. The van der Waals surface area contributed by atoms with Gasteiger partial charge in [-0.05, 0) is 0 Å². The highest BCUT2D eigenvalue weighted by Gasteiger charge is 1.87. The summed E-state index contributed by atoms with van der Waals surface area (Å²) in [6.07, 6.45) is 11.5. The molecule has 0 rings (SSSR count). The van der Waals surface area contributed by atoms with E-state index in [4.69, 9.17) is 34.8 Å². The zero-order valence-corrected chi connectivity index (χ0v) is 11.6. The van der Waals surface area contributed by atoms with Crippen LogP contribution in [0.4, 0.5) is 0 Å². The zero-order valence-electron chi connectivity index (χ0n) is 9.37. The van der Waals surface area contributed by atoms with Crippen molar-refractivity contribution < 1.29 is 0 Å². The first-order chi connectivity index (χ1) is 6.65. The molecular formula is C11H23Cl3. The van der Waals surface area contributed by atoms with Gasteiger partial charge in [0, 0.05) is 0 Å². The summed E-state index contributed by atoms with van der Waals surface area (Å²) >= 11 is 14.4. The maximum Gasteiger partial charge on any atom is 0.180 e. The lowest BCUT2D eigenvalue weighted by atomic mass is 10.1. The number of halogens is 3. The molecule has 0 atom stereocenters. The third kappa shape index (κ3) is 29.3. The van der Waals surface area contributed by atoms with Crippen LogP contribution < -0.4 is 0 Å². The van der Waals surface area contributed by atoms with Crippen molar-refractivity contribution in [2.24, 2.45) is 0 Å². The first-order valence-corrected chi connectivity index (χ1v) is 6.88. The van der Waals surface area contributed by atoms with Crippen molar-refractivity contribution in [3.8, 4) is 0 Å². The molecule has 88 valence electrons. The summed E-state index contributed by atoms with van der Waals surface area (Å²) in [7, 11) is 0. The van der Waals surface area contributed by atoms with E-state index in [-0.39, 0.29) is 0 Å². The molecule has 0 aliphatic heterocycles. The summed E-state index contributed by atoms with van der Waals surface area (Å²) in [5.41, 5.74) is 0. The third-order valence-corrected chi connectivity index (χ3v) is 1.96. The molecule has 0 aliphatic carbocycles. The molecule has 0 spiro atoms. The van der Waals surface area contributed by atoms with Crippen molar-refractivity contribution in [2.45, 2.75) is 69.5 Å². The second kappa shape index (κ2) is 16.3. The van der Waals surface area contributed by atoms with E-state index >= 15 is 0 Å². The van der Waals surface area contributed by atoms with Crippen LogP contribution in [0.5, 0.6) is 0 Å². The molecule has 0 aromatic rings. The van der Waals surface area contributed by atoms with E-state index in [2.05, 4.69) is 13.8 Å². The van der Waals surface area contributed by atoms with Crippen LogP contribution in [0.1, 0.15) is 65.2 Å². The van der Waals surface area contributed by atoms with E-state index < -0.39 is 4.30 Å². The average molecular weight is 262 g/mol. The minimum Gasteiger partial charge on any atom is -0.0874 e. The van der Waals surface area contributed by atoms with Gasteiger partial charge in [-0.1, -0.05) is 100 Å². The van der Waals surface area contributed by atoms with Crippen LogP contribution in [0.15, 0.2) is 0 Å². The molecule has 0 aromatic heterocycles. The maximum absolute atomic E-state index is 4.81. The van der Waals surface area contributed by atoms with Gasteiger partial charge in [0.05, 0.1) is 0 Å². The molecule has 0 amide bonds. The fraction of sp³-hybridized carbons (Fsp3) is 1.00. The highest BCUT2D eigenvalue weighted by molar-refractivity contribution is 6.63. The predicted molar refractivity (Wildman–Crippen MR) is 69.6 cm³/mol. The van der Waals surface area contributed by atoms with Crippen LogP contribution in [0.2, 0.25) is 0 Å². The summed E-state index contributed by atoms with van der Waals surface area (Å²) in [4.78, 5) is 0. The van der Waals surface area contributed by atoms with E-state index in [9.17, 15) is 0 Å². The molecule has 0 saturated heterocycles. The Kier molecular flexibility index (Phi) is 20.1. The van der Waals surface area contributed by atoms with Gasteiger partial charge in [-0.15, -0.1) is 0 Å². The molecule has 14 heavy (non-hydrogen) atoms. The van der Waals surface area contributed by atoms with Gasteiger partial charge in [0.1, 0.15) is 0 Å². The van der Waals surface area contributed by atoms with Crippen molar-refractivity contribution >= 4 is 34.8 Å². The molecule has 0 N–H and O–H groups in total. The first-order valence-electron chi connectivity index (χ1n) is 5.57. The van der Waals surface area contributed by atoms with Crippen molar-refractivity contribution in [1.29, 1.82) is 0 Å². The minimum absolute atomic E-state index is 0.750. The lowest BCUT2D eigenvalue weighted by Crippen LogP contribution is -1.77. The Morgan fingerprint density at radius 3 is 1.07 bits per heavy atom. The maximum atomic E-state index is 4.81. The summed E-state index contributed by atoms with van der Waals surface area (Å²) in [6, 6.07) is 0. The summed E-state index contributed by atoms with van der Waals surface area (Å²) in [5, 5.41) is 0. The molecule has 0 nitrogen and oxygen atoms in total. The Bertz CT molecular complexity index is 73.8. The largest absolute Gasteiger partial charge is 0.180 e. The lowest BCUT2D eigenvalue weighted by Gasteiger charge is -1.97. The van der Waals surface area contributed by atoms with E-state index in [1.807, 2.05) is 0 Å². The van der Waals surface area contributed by atoms with Crippen LogP contribution in [0.3, 0.4) is 0 Å². The van der Waals surface area contributed by atoms with Crippen molar-refractivity contribution in [2.75, 3.05) is 0 Å². The van der Waals surface area contributed by atoms with Crippen molar-refractivity contribution in [3.05, 3.63) is 0 Å². The van der Waals surface area contributed by atoms with Gasteiger partial charge in [0.2, 0.25) is 0 Å². The van der Waals surface area contributed by atoms with Crippen LogP contribution >= 0.6 is 34.8 Å². The summed E-state index contributed by atoms with van der Waals surface area (Å²) in [6.45, 7) is 4.54. The van der Waals surface area contributed by atoms with Gasteiger partial charge in [-0.3, -0.25) is 0 Å². The Morgan fingerprint density at radius 2 is 0.857 bits per heavy atom. The van der Waals surface area contributed by atoms with Crippen LogP contribution in [-0.2, 0) is 0 Å². The number of unbranched alkanes of at least 4 members (excludes halogenated alkanes) is 7. The molecule has 3 heteroatoms. The third-order valence-electron chi connectivity index (χ3n) is 1.96. The molecule has 0 unspecified atom stereocenters. The van der Waals surface area contributed by atoms with Gasteiger partial charge in [0.15, 0.2) is 4.30 Å². The zero-order chi connectivity index (χ0) is 11.2. The van der Waals surface area contributed by atoms with Crippen LogP contribution in [-0.4, -0.2) is 4.30 Å². The smallest absolute Gasteiger partial charge is 0.0874 e. The van der Waals surface area contributed by atoms with Crippen molar-refractivity contribution in [3.63, 3.8) is 0 Å². The summed E-state index contributed by atoms with van der Waals surface area (Å²) < 4.78 is -0.750. The minimum atomic E-state index is -0.750. The van der Waals surface area contributed by atoms with Gasteiger partial charge in [-0.25, -0.2) is 0 Å². The fourth-order valence-electron chi connectivity index (χ4n) is 1.21. The fourth-order valence-corrected chi connectivity index (χ4v) is 1.21. The predicted octanol–water partition coefficient (Wildman–Crippen LogP) is 6.13. The van der Waals surface area contributed by atoms with Gasteiger partial charge in [-0.2, -0.15) is 0 Å². The Balaban J connectivity index is 0. The number of hydrogen-bond acceptors (Lipinski definition) is 0. The average Bonchev–Trinajstić information content (AvgIpc) is 2.10. The van der Waals surface area contributed by atoms with E-state index in [0.717, 1.165) is 0 Å². The van der Waals surface area contributed by atoms with Gasteiger partial charge < -0.3 is 0 Å². The Hall–Kier alpha value is 0.870. The highest BCUT2D eigenvalue weighted by Crippen LogP contribution is 2.07. The van der Waals surface area contributed by atoms with Crippen molar-refractivity contribution in [1.82, 2.24) is 0 Å². The number of rotatable bonds is 7. The summed E-state index contributed by atoms with van der Waals surface area (Å²) in [5.74, 6) is 0. The number of hydrogen-bond donors (Lipinski definition) is 0. The lowest BCUT2D eigenvalue weighted by molar-refractivity contribution is 0.585. The van der Waals surface area contributed by atoms with Gasteiger partial charge >= 0.3 is 0 Å². The van der Waals surface area contributed by atoms with E-state index in [0.29, 0.717) is 0 Å². The second-order valence-electron chi connectivity index (χ2n) is 3.37. The van der Waals surface area contributed by atoms with Crippen LogP contribution in [0, 0.1) is 0 Å². The van der Waals surface area contributed by atoms with E-state index in [1.165, 1.54) is 51.4 Å². The van der Waals surface area contributed by atoms with E-state index in [1.54, 1.807) is 0 Å². The molecular weight excluding hydrogens is 238 g/mol. The second-order valence-corrected chi connectivity index (χ2v) is 5.35. The Morgan fingerprint density at radius 1 is 0.643 bits per heavy atom. The molecule has 0 saturated carbocycles. The normalized spacial score (nSPS) is 9.86. The first kappa shape index (κ1) is 17.3. The van der Waals surface area contributed by atoms with Crippen LogP contribution in [0.25, 0.3) is 0 Å². The number of alkyl halides is 3. The SMILES string of the molecule is CCCCCCCCCC.ClC(Cl)Cl. The molecule has 0 aliphatic rings. The molecule has 0 radical (unpaired) electrons.